The van der Waals surface area contributed by atoms with Crippen molar-refractivity contribution in [1.29, 1.82) is 0 Å². The van der Waals surface area contributed by atoms with Gasteiger partial charge in [-0.05, 0) is 17.7 Å². The van der Waals surface area contributed by atoms with Crippen LogP contribution in [0.25, 0.3) is 0 Å². The van der Waals surface area contributed by atoms with Gasteiger partial charge in [-0.2, -0.15) is 11.8 Å². The number of thioether (sulfide) groups is 1. The highest BCUT2D eigenvalue weighted by atomic mass is 35.5. The molecule has 0 bridgehead atoms. The summed E-state index contributed by atoms with van der Waals surface area (Å²) in [6.45, 7) is 1.29. The largest absolute Gasteiger partial charge is 0.399 e. The molecule has 4 nitrogen and oxygen atoms in total. The number of nitrogen functional groups attached to an aromatic ring is 1. The predicted octanol–water partition coefficient (Wildman–Crippen LogP) is 1.84. The van der Waals surface area contributed by atoms with Gasteiger partial charge >= 0.3 is 0 Å². The number of hydrogen-bond donors (Lipinski definition) is 1. The maximum Gasteiger partial charge on any atom is 0.164 e. The maximum absolute atomic E-state index is 11.8. The summed E-state index contributed by atoms with van der Waals surface area (Å²) in [6.07, 6.45) is 1.29. The molecule has 2 rings (SSSR count). The summed E-state index contributed by atoms with van der Waals surface area (Å²) in [7, 11) is -3.08. The minimum absolute atomic E-state index is 0.431. The maximum atomic E-state index is 11.8. The fourth-order valence-corrected chi connectivity index (χ4v) is 5.29. The molecule has 1 aliphatic heterocycles. The van der Waals surface area contributed by atoms with Crippen molar-refractivity contribution >= 4 is 38.9 Å². The van der Waals surface area contributed by atoms with Gasteiger partial charge in [0, 0.05) is 41.6 Å². The third-order valence-electron chi connectivity index (χ3n) is 3.14. The number of nitrogens with two attached hydrogens (primary N) is 1. The van der Waals surface area contributed by atoms with Crippen LogP contribution in [0.15, 0.2) is 18.2 Å². The van der Waals surface area contributed by atoms with Gasteiger partial charge in [-0.1, -0.05) is 17.7 Å². The van der Waals surface area contributed by atoms with E-state index in [-0.39, 0.29) is 0 Å². The first-order valence-electron chi connectivity index (χ1n) is 5.92. The summed E-state index contributed by atoms with van der Waals surface area (Å²) in [5.74, 6) is 1.56. The van der Waals surface area contributed by atoms with Gasteiger partial charge < -0.3 is 5.73 Å². The first-order chi connectivity index (χ1) is 8.88. The molecule has 7 heteroatoms. The Morgan fingerprint density at radius 2 is 2.26 bits per heavy atom. The Bertz CT molecular complexity index is 563. The molecule has 1 aromatic carbocycles. The standard InChI is InChI=1S/C12H17ClN2O2S2/c1-19(16,17)12-8-18-5-4-15(12)7-9-2-3-10(14)6-11(9)13/h2-3,6,12H,4-5,7-8,14H2,1H3. The van der Waals surface area contributed by atoms with E-state index in [9.17, 15) is 8.42 Å². The molecule has 0 saturated carbocycles. The molecule has 0 aliphatic carbocycles. The highest BCUT2D eigenvalue weighted by molar-refractivity contribution is 8.00. The van der Waals surface area contributed by atoms with Crippen molar-refractivity contribution < 1.29 is 8.42 Å². The summed E-state index contributed by atoms with van der Waals surface area (Å²) in [6, 6.07) is 5.35. The smallest absolute Gasteiger partial charge is 0.164 e. The molecular formula is C12H17ClN2O2S2. The van der Waals surface area contributed by atoms with Crippen LogP contribution in [-0.4, -0.2) is 43.0 Å². The molecule has 0 radical (unpaired) electrons. The van der Waals surface area contributed by atoms with E-state index in [2.05, 4.69) is 0 Å². The molecule has 1 heterocycles. The van der Waals surface area contributed by atoms with E-state index >= 15 is 0 Å². The SMILES string of the molecule is CS(=O)(=O)C1CSCCN1Cc1ccc(N)cc1Cl. The Labute approximate surface area is 123 Å². The zero-order chi connectivity index (χ0) is 14.0. The summed E-state index contributed by atoms with van der Waals surface area (Å²) in [5, 5.41) is 0.158. The fourth-order valence-electron chi connectivity index (χ4n) is 2.10. The number of nitrogens with zero attached hydrogens (tertiary/aromatic N) is 1. The summed E-state index contributed by atoms with van der Waals surface area (Å²) in [4.78, 5) is 1.98. The lowest BCUT2D eigenvalue weighted by Crippen LogP contribution is -2.46. The van der Waals surface area contributed by atoms with Crippen LogP contribution in [0.4, 0.5) is 5.69 Å². The lowest BCUT2D eigenvalue weighted by atomic mass is 10.2. The molecule has 19 heavy (non-hydrogen) atoms. The average molecular weight is 321 g/mol. The Hall–Kier alpha value is -0.430. The van der Waals surface area contributed by atoms with Crippen LogP contribution < -0.4 is 5.73 Å². The number of anilines is 1. The van der Waals surface area contributed by atoms with E-state index in [4.69, 9.17) is 17.3 Å². The molecule has 106 valence electrons. The highest BCUT2D eigenvalue weighted by Gasteiger charge is 2.31. The molecule has 2 N–H and O–H groups in total. The number of rotatable bonds is 3. The van der Waals surface area contributed by atoms with Gasteiger partial charge in [0.05, 0.1) is 0 Å². The van der Waals surface area contributed by atoms with Crippen molar-refractivity contribution in [3.05, 3.63) is 28.8 Å². The van der Waals surface area contributed by atoms with Crippen molar-refractivity contribution in [2.24, 2.45) is 0 Å². The van der Waals surface area contributed by atoms with Crippen LogP contribution >= 0.6 is 23.4 Å². The van der Waals surface area contributed by atoms with E-state index < -0.39 is 15.2 Å². The predicted molar refractivity (Wildman–Crippen MR) is 82.2 cm³/mol. The van der Waals surface area contributed by atoms with Crippen molar-refractivity contribution in [3.8, 4) is 0 Å². The molecule has 1 fully saturated rings. The van der Waals surface area contributed by atoms with Crippen molar-refractivity contribution in [2.45, 2.75) is 11.9 Å². The zero-order valence-corrected chi connectivity index (χ0v) is 13.1. The molecule has 1 saturated heterocycles. The van der Waals surface area contributed by atoms with Gasteiger partial charge in [0.25, 0.3) is 0 Å². The number of benzene rings is 1. The average Bonchev–Trinajstić information content (AvgIpc) is 2.32. The molecule has 1 aliphatic rings. The van der Waals surface area contributed by atoms with E-state index in [1.165, 1.54) is 6.26 Å². The topological polar surface area (TPSA) is 63.4 Å². The first kappa shape index (κ1) is 15.0. The van der Waals surface area contributed by atoms with Crippen LogP contribution in [0.3, 0.4) is 0 Å². The second-order valence-corrected chi connectivity index (χ2v) is 8.44. The first-order valence-corrected chi connectivity index (χ1v) is 9.41. The minimum atomic E-state index is -3.08. The second kappa shape index (κ2) is 5.91. The number of halogens is 1. The second-order valence-electron chi connectivity index (χ2n) is 4.68. The van der Waals surface area contributed by atoms with Crippen LogP contribution in [0.5, 0.6) is 0 Å². The van der Waals surface area contributed by atoms with Crippen molar-refractivity contribution in [2.75, 3.05) is 30.0 Å². The normalized spacial score (nSPS) is 21.5. The fraction of sp³-hybridized carbons (Fsp3) is 0.500. The lowest BCUT2D eigenvalue weighted by molar-refractivity contribution is 0.262. The Morgan fingerprint density at radius 1 is 1.53 bits per heavy atom. The molecule has 1 unspecified atom stereocenters. The Balaban J connectivity index is 2.20. The molecule has 1 aromatic rings. The number of hydrogen-bond acceptors (Lipinski definition) is 5. The third-order valence-corrected chi connectivity index (χ3v) is 6.17. The van der Waals surface area contributed by atoms with Gasteiger partial charge in [-0.15, -0.1) is 0 Å². The van der Waals surface area contributed by atoms with Crippen molar-refractivity contribution in [3.63, 3.8) is 0 Å². The van der Waals surface area contributed by atoms with Gasteiger partial charge in [-0.25, -0.2) is 8.42 Å². The molecular weight excluding hydrogens is 304 g/mol. The molecule has 0 amide bonds. The Morgan fingerprint density at radius 3 is 2.89 bits per heavy atom. The monoisotopic (exact) mass is 320 g/mol. The molecule has 1 atom stereocenters. The van der Waals surface area contributed by atoms with Gasteiger partial charge in [0.2, 0.25) is 0 Å². The van der Waals surface area contributed by atoms with Gasteiger partial charge in [-0.3, -0.25) is 4.90 Å². The van der Waals surface area contributed by atoms with E-state index in [1.54, 1.807) is 23.9 Å². The highest BCUT2D eigenvalue weighted by Crippen LogP contribution is 2.26. The molecule has 0 spiro atoms. The third kappa shape index (κ3) is 3.78. The van der Waals surface area contributed by atoms with Gasteiger partial charge in [0.15, 0.2) is 9.84 Å². The minimum Gasteiger partial charge on any atom is -0.399 e. The molecule has 0 aromatic heterocycles. The van der Waals surface area contributed by atoms with E-state index in [0.29, 0.717) is 23.0 Å². The van der Waals surface area contributed by atoms with Crippen LogP contribution in [-0.2, 0) is 16.4 Å². The van der Waals surface area contributed by atoms with Crippen molar-refractivity contribution in [1.82, 2.24) is 4.90 Å². The van der Waals surface area contributed by atoms with E-state index in [0.717, 1.165) is 17.9 Å². The lowest BCUT2D eigenvalue weighted by Gasteiger charge is -2.34. The summed E-state index contributed by atoms with van der Waals surface area (Å²) >= 11 is 7.83. The van der Waals surface area contributed by atoms with Gasteiger partial charge in [0.1, 0.15) is 5.37 Å². The van der Waals surface area contributed by atoms with E-state index in [1.807, 2.05) is 11.0 Å². The quantitative estimate of drug-likeness (QED) is 0.861. The Kier molecular flexibility index (Phi) is 4.66. The van der Waals surface area contributed by atoms with Crippen LogP contribution in [0.1, 0.15) is 5.56 Å². The van der Waals surface area contributed by atoms with Crippen LogP contribution in [0.2, 0.25) is 5.02 Å². The zero-order valence-electron chi connectivity index (χ0n) is 10.7. The van der Waals surface area contributed by atoms with Crippen LogP contribution in [0, 0.1) is 0 Å². The number of sulfone groups is 1. The summed E-state index contributed by atoms with van der Waals surface area (Å²) in [5.41, 5.74) is 7.19. The summed E-state index contributed by atoms with van der Waals surface area (Å²) < 4.78 is 23.6.